The highest BCUT2D eigenvalue weighted by Crippen LogP contribution is 2.21. The van der Waals surface area contributed by atoms with E-state index in [4.69, 9.17) is 0 Å². The van der Waals surface area contributed by atoms with Crippen molar-refractivity contribution in [3.8, 4) is 0 Å². The molecule has 4 heteroatoms. The van der Waals surface area contributed by atoms with E-state index in [0.29, 0.717) is 5.91 Å². The van der Waals surface area contributed by atoms with Crippen molar-refractivity contribution in [1.29, 1.82) is 0 Å². The molecule has 0 aromatic rings. The van der Waals surface area contributed by atoms with E-state index in [0.717, 1.165) is 31.1 Å². The second-order valence-electron chi connectivity index (χ2n) is 3.78. The lowest BCUT2D eigenvalue weighted by Crippen LogP contribution is -2.42. The fourth-order valence-corrected chi connectivity index (χ4v) is 2.98. The van der Waals surface area contributed by atoms with Crippen LogP contribution >= 0.6 is 11.8 Å². The third kappa shape index (κ3) is 1.83. The van der Waals surface area contributed by atoms with E-state index in [9.17, 15) is 4.79 Å². The summed E-state index contributed by atoms with van der Waals surface area (Å²) in [6, 6.07) is 0.179. The van der Waals surface area contributed by atoms with E-state index in [1.807, 2.05) is 16.7 Å². The molecule has 0 aliphatic carbocycles. The SMILES string of the molecule is CN1CCCC1C(=O)N1CCSC1. The summed E-state index contributed by atoms with van der Waals surface area (Å²) in [6.07, 6.45) is 2.23. The van der Waals surface area contributed by atoms with Gasteiger partial charge in [0, 0.05) is 12.3 Å². The van der Waals surface area contributed by atoms with Crippen LogP contribution in [0.25, 0.3) is 0 Å². The molecule has 1 unspecified atom stereocenters. The monoisotopic (exact) mass is 200 g/mol. The van der Waals surface area contributed by atoms with Crippen LogP contribution in [0, 0.1) is 0 Å². The average Bonchev–Trinajstić information content (AvgIpc) is 2.72. The molecule has 2 aliphatic rings. The summed E-state index contributed by atoms with van der Waals surface area (Å²) in [5, 5.41) is 0. The van der Waals surface area contributed by atoms with Crippen molar-refractivity contribution in [2.45, 2.75) is 18.9 Å². The molecule has 0 saturated carbocycles. The predicted molar refractivity (Wildman–Crippen MR) is 54.7 cm³/mol. The zero-order valence-electron chi connectivity index (χ0n) is 8.03. The number of nitrogens with zero attached hydrogens (tertiary/aromatic N) is 2. The Morgan fingerprint density at radius 1 is 1.46 bits per heavy atom. The Balaban J connectivity index is 1.95. The lowest BCUT2D eigenvalue weighted by Gasteiger charge is -2.23. The molecule has 2 aliphatic heterocycles. The first-order valence-corrected chi connectivity index (χ1v) is 6.01. The first-order valence-electron chi connectivity index (χ1n) is 4.86. The zero-order chi connectivity index (χ0) is 9.26. The second kappa shape index (κ2) is 3.88. The van der Waals surface area contributed by atoms with Crippen LogP contribution in [-0.2, 0) is 4.79 Å². The number of hydrogen-bond acceptors (Lipinski definition) is 3. The van der Waals surface area contributed by atoms with E-state index < -0.39 is 0 Å². The highest BCUT2D eigenvalue weighted by molar-refractivity contribution is 7.99. The van der Waals surface area contributed by atoms with E-state index in [-0.39, 0.29) is 6.04 Å². The molecule has 13 heavy (non-hydrogen) atoms. The number of amides is 1. The van der Waals surface area contributed by atoms with Crippen LogP contribution in [-0.4, -0.2) is 53.5 Å². The van der Waals surface area contributed by atoms with Crippen molar-refractivity contribution < 1.29 is 4.79 Å². The molecule has 0 aromatic carbocycles. The van der Waals surface area contributed by atoms with Crippen molar-refractivity contribution in [1.82, 2.24) is 9.80 Å². The van der Waals surface area contributed by atoms with Crippen LogP contribution in [0.5, 0.6) is 0 Å². The fourth-order valence-electron chi connectivity index (χ4n) is 2.02. The summed E-state index contributed by atoms with van der Waals surface area (Å²) in [4.78, 5) is 16.1. The summed E-state index contributed by atoms with van der Waals surface area (Å²) in [6.45, 7) is 2.03. The standard InChI is InChI=1S/C9H16N2OS/c1-10-4-2-3-8(10)9(12)11-5-6-13-7-11/h8H,2-7H2,1H3. The van der Waals surface area contributed by atoms with E-state index in [1.54, 1.807) is 0 Å². The largest absolute Gasteiger partial charge is 0.331 e. The maximum absolute atomic E-state index is 11.9. The van der Waals surface area contributed by atoms with Gasteiger partial charge in [-0.15, -0.1) is 11.8 Å². The number of thioether (sulfide) groups is 1. The Kier molecular flexibility index (Phi) is 2.79. The Labute approximate surface area is 83.5 Å². The smallest absolute Gasteiger partial charge is 0.240 e. The maximum atomic E-state index is 11.9. The van der Waals surface area contributed by atoms with Gasteiger partial charge in [-0.1, -0.05) is 0 Å². The minimum Gasteiger partial charge on any atom is -0.331 e. The Hall–Kier alpha value is -0.220. The Bertz CT molecular complexity index is 204. The topological polar surface area (TPSA) is 23.6 Å². The van der Waals surface area contributed by atoms with Crippen LogP contribution < -0.4 is 0 Å². The van der Waals surface area contributed by atoms with Crippen molar-refractivity contribution in [2.75, 3.05) is 31.8 Å². The number of carbonyl (C=O) groups is 1. The van der Waals surface area contributed by atoms with Crippen LogP contribution in [0.1, 0.15) is 12.8 Å². The summed E-state index contributed by atoms with van der Waals surface area (Å²) in [5.41, 5.74) is 0. The third-order valence-electron chi connectivity index (χ3n) is 2.87. The van der Waals surface area contributed by atoms with Crippen LogP contribution in [0.2, 0.25) is 0 Å². The Morgan fingerprint density at radius 3 is 2.85 bits per heavy atom. The lowest BCUT2D eigenvalue weighted by molar-refractivity contribution is -0.134. The molecule has 0 aromatic heterocycles. The van der Waals surface area contributed by atoms with Crippen molar-refractivity contribution >= 4 is 17.7 Å². The molecular formula is C9H16N2OS. The molecule has 74 valence electrons. The minimum absolute atomic E-state index is 0.179. The van der Waals surface area contributed by atoms with Crippen molar-refractivity contribution in [3.05, 3.63) is 0 Å². The van der Waals surface area contributed by atoms with Gasteiger partial charge in [0.2, 0.25) is 5.91 Å². The number of carbonyl (C=O) groups excluding carboxylic acids is 1. The molecule has 0 spiro atoms. The first-order chi connectivity index (χ1) is 6.29. The molecule has 2 saturated heterocycles. The third-order valence-corrected chi connectivity index (χ3v) is 3.84. The van der Waals surface area contributed by atoms with Gasteiger partial charge in [0.05, 0.1) is 11.9 Å². The number of hydrogen-bond donors (Lipinski definition) is 0. The van der Waals surface area contributed by atoms with E-state index in [2.05, 4.69) is 11.9 Å². The second-order valence-corrected chi connectivity index (χ2v) is 4.85. The number of rotatable bonds is 1. The molecule has 0 radical (unpaired) electrons. The molecule has 0 N–H and O–H groups in total. The molecule has 0 bridgehead atoms. The van der Waals surface area contributed by atoms with Crippen LogP contribution in [0.15, 0.2) is 0 Å². The van der Waals surface area contributed by atoms with Gasteiger partial charge in [0.15, 0.2) is 0 Å². The van der Waals surface area contributed by atoms with E-state index >= 15 is 0 Å². The van der Waals surface area contributed by atoms with E-state index in [1.165, 1.54) is 6.42 Å². The van der Waals surface area contributed by atoms with Gasteiger partial charge in [0.1, 0.15) is 0 Å². The lowest BCUT2D eigenvalue weighted by atomic mass is 10.2. The van der Waals surface area contributed by atoms with Crippen molar-refractivity contribution in [3.63, 3.8) is 0 Å². The number of likely N-dealkylation sites (tertiary alicyclic amines) is 1. The molecule has 2 fully saturated rings. The summed E-state index contributed by atoms with van der Waals surface area (Å²) < 4.78 is 0. The summed E-state index contributed by atoms with van der Waals surface area (Å²) in [7, 11) is 2.05. The molecule has 2 rings (SSSR count). The van der Waals surface area contributed by atoms with Crippen molar-refractivity contribution in [2.24, 2.45) is 0 Å². The first kappa shape index (κ1) is 9.34. The normalized spacial score (nSPS) is 29.9. The van der Waals surface area contributed by atoms with Gasteiger partial charge in [-0.2, -0.15) is 0 Å². The molecule has 1 atom stereocenters. The summed E-state index contributed by atoms with van der Waals surface area (Å²) >= 11 is 1.86. The fraction of sp³-hybridized carbons (Fsp3) is 0.889. The number of likely N-dealkylation sites (N-methyl/N-ethyl adjacent to an activating group) is 1. The quantitative estimate of drug-likeness (QED) is 0.620. The van der Waals surface area contributed by atoms with Gasteiger partial charge in [-0.25, -0.2) is 0 Å². The van der Waals surface area contributed by atoms with Crippen LogP contribution in [0.4, 0.5) is 0 Å². The predicted octanol–water partition coefficient (Wildman–Crippen LogP) is 0.613. The Morgan fingerprint density at radius 2 is 2.31 bits per heavy atom. The molecule has 1 amide bonds. The molecule has 3 nitrogen and oxygen atoms in total. The van der Waals surface area contributed by atoms with Gasteiger partial charge >= 0.3 is 0 Å². The highest BCUT2D eigenvalue weighted by atomic mass is 32.2. The molecule has 2 heterocycles. The van der Waals surface area contributed by atoms with Gasteiger partial charge in [-0.3, -0.25) is 9.69 Å². The molecular weight excluding hydrogens is 184 g/mol. The zero-order valence-corrected chi connectivity index (χ0v) is 8.85. The van der Waals surface area contributed by atoms with Gasteiger partial charge in [-0.05, 0) is 26.4 Å². The van der Waals surface area contributed by atoms with Gasteiger partial charge in [0.25, 0.3) is 0 Å². The minimum atomic E-state index is 0.179. The summed E-state index contributed by atoms with van der Waals surface area (Å²) in [5.74, 6) is 2.37. The highest BCUT2D eigenvalue weighted by Gasteiger charge is 2.32. The van der Waals surface area contributed by atoms with Crippen LogP contribution in [0.3, 0.4) is 0 Å². The van der Waals surface area contributed by atoms with Gasteiger partial charge < -0.3 is 4.90 Å². The average molecular weight is 200 g/mol. The maximum Gasteiger partial charge on any atom is 0.240 e.